The van der Waals surface area contributed by atoms with Gasteiger partial charge in [-0.25, -0.2) is 0 Å². The molecule has 2 heterocycles. The lowest BCUT2D eigenvalue weighted by Gasteiger charge is -2.36. The van der Waals surface area contributed by atoms with E-state index in [2.05, 4.69) is 34.0 Å². The SMILES string of the molecule is CCNc1cc(N2CCC(C)C(C)C2)nc(N)n1. The van der Waals surface area contributed by atoms with Gasteiger partial charge in [0.2, 0.25) is 5.95 Å². The van der Waals surface area contributed by atoms with Crippen LogP contribution in [-0.2, 0) is 0 Å². The van der Waals surface area contributed by atoms with E-state index in [1.54, 1.807) is 0 Å². The van der Waals surface area contributed by atoms with Crippen molar-refractivity contribution in [2.75, 3.05) is 35.6 Å². The van der Waals surface area contributed by atoms with E-state index >= 15 is 0 Å². The number of hydrogen-bond donors (Lipinski definition) is 2. The summed E-state index contributed by atoms with van der Waals surface area (Å²) in [5.41, 5.74) is 5.77. The Kier molecular flexibility index (Phi) is 3.89. The largest absolute Gasteiger partial charge is 0.370 e. The highest BCUT2D eigenvalue weighted by molar-refractivity contribution is 5.52. The van der Waals surface area contributed by atoms with Crippen LogP contribution in [0.1, 0.15) is 27.2 Å². The van der Waals surface area contributed by atoms with Crippen LogP contribution in [0.2, 0.25) is 0 Å². The Hall–Kier alpha value is -1.52. The molecule has 0 saturated carbocycles. The van der Waals surface area contributed by atoms with E-state index in [9.17, 15) is 0 Å². The van der Waals surface area contributed by atoms with Crippen molar-refractivity contribution in [2.45, 2.75) is 27.2 Å². The maximum Gasteiger partial charge on any atom is 0.223 e. The number of nitrogens with one attached hydrogen (secondary N) is 1. The Balaban J connectivity index is 2.17. The zero-order valence-corrected chi connectivity index (χ0v) is 11.5. The smallest absolute Gasteiger partial charge is 0.223 e. The predicted octanol–water partition coefficient (Wildman–Crippen LogP) is 1.97. The van der Waals surface area contributed by atoms with Crippen LogP contribution in [0.15, 0.2) is 6.07 Å². The first-order valence-corrected chi connectivity index (χ1v) is 6.73. The van der Waals surface area contributed by atoms with Gasteiger partial charge in [-0.3, -0.25) is 0 Å². The van der Waals surface area contributed by atoms with E-state index in [-0.39, 0.29) is 0 Å². The number of nitrogen functional groups attached to an aromatic ring is 1. The zero-order chi connectivity index (χ0) is 13.1. The lowest BCUT2D eigenvalue weighted by Crippen LogP contribution is -2.39. The van der Waals surface area contributed by atoms with Gasteiger partial charge in [-0.05, 0) is 25.2 Å². The third-order valence-corrected chi connectivity index (χ3v) is 3.75. The summed E-state index contributed by atoms with van der Waals surface area (Å²) in [5, 5.41) is 3.19. The predicted molar refractivity (Wildman–Crippen MR) is 75.8 cm³/mol. The number of piperidine rings is 1. The Bertz CT molecular complexity index is 406. The van der Waals surface area contributed by atoms with E-state index in [1.807, 2.05) is 13.0 Å². The summed E-state index contributed by atoms with van der Waals surface area (Å²) in [6.45, 7) is 9.59. The molecule has 2 atom stereocenters. The average molecular weight is 249 g/mol. The lowest BCUT2D eigenvalue weighted by atomic mass is 9.89. The molecule has 0 bridgehead atoms. The second-order valence-corrected chi connectivity index (χ2v) is 5.19. The average Bonchev–Trinajstić information content (AvgIpc) is 2.32. The minimum absolute atomic E-state index is 0.342. The van der Waals surface area contributed by atoms with Crippen molar-refractivity contribution in [3.8, 4) is 0 Å². The Morgan fingerprint density at radius 1 is 1.39 bits per heavy atom. The van der Waals surface area contributed by atoms with Crippen LogP contribution in [0.25, 0.3) is 0 Å². The van der Waals surface area contributed by atoms with Gasteiger partial charge in [-0.1, -0.05) is 13.8 Å². The van der Waals surface area contributed by atoms with Crippen LogP contribution in [0.3, 0.4) is 0 Å². The van der Waals surface area contributed by atoms with Crippen molar-refractivity contribution in [1.29, 1.82) is 0 Å². The summed E-state index contributed by atoms with van der Waals surface area (Å²) in [7, 11) is 0. The van der Waals surface area contributed by atoms with E-state index in [4.69, 9.17) is 5.73 Å². The molecule has 100 valence electrons. The normalized spacial score (nSPS) is 24.1. The number of rotatable bonds is 3. The molecule has 5 nitrogen and oxygen atoms in total. The molecule has 0 radical (unpaired) electrons. The van der Waals surface area contributed by atoms with Gasteiger partial charge in [0.1, 0.15) is 11.6 Å². The van der Waals surface area contributed by atoms with Gasteiger partial charge in [0, 0.05) is 25.7 Å². The molecule has 1 saturated heterocycles. The molecule has 1 aliphatic rings. The molecule has 5 heteroatoms. The highest BCUT2D eigenvalue weighted by atomic mass is 15.2. The zero-order valence-electron chi connectivity index (χ0n) is 11.5. The Morgan fingerprint density at radius 3 is 2.83 bits per heavy atom. The quantitative estimate of drug-likeness (QED) is 0.857. The summed E-state index contributed by atoms with van der Waals surface area (Å²) in [6.07, 6.45) is 1.21. The van der Waals surface area contributed by atoms with Gasteiger partial charge in [0.25, 0.3) is 0 Å². The number of aromatic nitrogens is 2. The van der Waals surface area contributed by atoms with Gasteiger partial charge >= 0.3 is 0 Å². The van der Waals surface area contributed by atoms with Gasteiger partial charge < -0.3 is 16.0 Å². The fourth-order valence-corrected chi connectivity index (χ4v) is 2.36. The van der Waals surface area contributed by atoms with Crippen molar-refractivity contribution >= 4 is 17.6 Å². The fraction of sp³-hybridized carbons (Fsp3) is 0.692. The lowest BCUT2D eigenvalue weighted by molar-refractivity contribution is 0.323. The molecule has 1 fully saturated rings. The number of nitrogens with zero attached hydrogens (tertiary/aromatic N) is 3. The molecule has 18 heavy (non-hydrogen) atoms. The molecule has 3 N–H and O–H groups in total. The standard InChI is InChI=1S/C13H23N5/c1-4-15-11-7-12(17-13(14)16-11)18-6-5-9(2)10(3)8-18/h7,9-10H,4-6,8H2,1-3H3,(H3,14,15,16,17). The van der Waals surface area contributed by atoms with E-state index < -0.39 is 0 Å². The first-order valence-electron chi connectivity index (χ1n) is 6.73. The van der Waals surface area contributed by atoms with E-state index in [1.165, 1.54) is 6.42 Å². The first-order chi connectivity index (χ1) is 8.60. The molecule has 0 aliphatic carbocycles. The third-order valence-electron chi connectivity index (χ3n) is 3.75. The highest BCUT2D eigenvalue weighted by Crippen LogP contribution is 2.27. The molecular formula is C13H23N5. The van der Waals surface area contributed by atoms with Crippen LogP contribution in [0, 0.1) is 11.8 Å². The van der Waals surface area contributed by atoms with Crippen molar-refractivity contribution < 1.29 is 0 Å². The number of anilines is 3. The van der Waals surface area contributed by atoms with Crippen LogP contribution < -0.4 is 16.0 Å². The third kappa shape index (κ3) is 2.83. The molecule has 0 spiro atoms. The number of nitrogens with two attached hydrogens (primary N) is 1. The maximum absolute atomic E-state index is 5.77. The van der Waals surface area contributed by atoms with Crippen molar-refractivity contribution in [2.24, 2.45) is 11.8 Å². The van der Waals surface area contributed by atoms with Gasteiger partial charge in [-0.15, -0.1) is 0 Å². The van der Waals surface area contributed by atoms with Crippen molar-refractivity contribution in [3.63, 3.8) is 0 Å². The molecule has 1 aliphatic heterocycles. The van der Waals surface area contributed by atoms with Crippen molar-refractivity contribution in [1.82, 2.24) is 9.97 Å². The van der Waals surface area contributed by atoms with Gasteiger partial charge in [-0.2, -0.15) is 9.97 Å². The summed E-state index contributed by atoms with van der Waals surface area (Å²) in [4.78, 5) is 10.8. The Labute approximate surface area is 109 Å². The summed E-state index contributed by atoms with van der Waals surface area (Å²) >= 11 is 0. The fourth-order valence-electron chi connectivity index (χ4n) is 2.36. The minimum Gasteiger partial charge on any atom is -0.370 e. The second-order valence-electron chi connectivity index (χ2n) is 5.19. The number of hydrogen-bond acceptors (Lipinski definition) is 5. The molecule has 2 rings (SSSR count). The van der Waals surface area contributed by atoms with Crippen LogP contribution in [-0.4, -0.2) is 29.6 Å². The second kappa shape index (κ2) is 5.42. The summed E-state index contributed by atoms with van der Waals surface area (Å²) in [5.74, 6) is 3.57. The Morgan fingerprint density at radius 2 is 2.17 bits per heavy atom. The minimum atomic E-state index is 0.342. The highest BCUT2D eigenvalue weighted by Gasteiger charge is 2.23. The van der Waals surface area contributed by atoms with E-state index in [0.29, 0.717) is 11.9 Å². The maximum atomic E-state index is 5.77. The molecule has 1 aromatic rings. The van der Waals surface area contributed by atoms with Crippen molar-refractivity contribution in [3.05, 3.63) is 6.07 Å². The molecule has 0 amide bonds. The molecule has 1 aromatic heterocycles. The van der Waals surface area contributed by atoms with Gasteiger partial charge in [0.05, 0.1) is 0 Å². The van der Waals surface area contributed by atoms with Crippen LogP contribution in [0.4, 0.5) is 17.6 Å². The van der Waals surface area contributed by atoms with Gasteiger partial charge in [0.15, 0.2) is 0 Å². The topological polar surface area (TPSA) is 67.1 Å². The summed E-state index contributed by atoms with van der Waals surface area (Å²) in [6, 6.07) is 1.99. The monoisotopic (exact) mass is 249 g/mol. The molecule has 0 aromatic carbocycles. The summed E-state index contributed by atoms with van der Waals surface area (Å²) < 4.78 is 0. The first kappa shape index (κ1) is 12.9. The van der Waals surface area contributed by atoms with Crippen LogP contribution >= 0.6 is 0 Å². The van der Waals surface area contributed by atoms with E-state index in [0.717, 1.165) is 37.2 Å². The molecular weight excluding hydrogens is 226 g/mol. The van der Waals surface area contributed by atoms with Crippen LogP contribution in [0.5, 0.6) is 0 Å². The molecule has 2 unspecified atom stereocenters.